The van der Waals surface area contributed by atoms with Gasteiger partial charge in [-0.15, -0.1) is 0 Å². The first-order chi connectivity index (χ1) is 5.34. The van der Waals surface area contributed by atoms with E-state index in [4.69, 9.17) is 9.47 Å². The highest BCUT2D eigenvalue weighted by molar-refractivity contribution is 5.72. The van der Waals surface area contributed by atoms with Crippen LogP contribution in [0.15, 0.2) is 0 Å². The molecule has 0 bridgehead atoms. The molecule has 0 radical (unpaired) electrons. The number of hydrogen-bond acceptors (Lipinski definition) is 3. The molecule has 1 saturated heterocycles. The van der Waals surface area contributed by atoms with E-state index in [2.05, 4.69) is 0 Å². The van der Waals surface area contributed by atoms with Gasteiger partial charge in [0.25, 0.3) is 0 Å². The largest absolute Gasteiger partial charge is 0.465 e. The number of carbonyl (C=O) groups is 1. The fraction of sp³-hybridized carbons (Fsp3) is 0.875. The van der Waals surface area contributed by atoms with Crippen molar-refractivity contribution in [2.45, 2.75) is 19.8 Å². The molecule has 0 spiro atoms. The van der Waals surface area contributed by atoms with Crippen LogP contribution in [0.25, 0.3) is 0 Å². The molecule has 3 heteroatoms. The molecule has 0 aromatic heterocycles. The van der Waals surface area contributed by atoms with Crippen LogP contribution in [0.2, 0.25) is 0 Å². The van der Waals surface area contributed by atoms with Crippen LogP contribution >= 0.6 is 0 Å². The molecule has 0 aromatic carbocycles. The Bertz CT molecular complexity index is 127. The lowest BCUT2D eigenvalue weighted by atomic mass is 10.1. The zero-order valence-electron chi connectivity index (χ0n) is 6.84. The molecule has 0 amide bonds. The predicted molar refractivity (Wildman–Crippen MR) is 40.2 cm³/mol. The second-order valence-corrected chi connectivity index (χ2v) is 2.73. The third-order valence-corrected chi connectivity index (χ3v) is 1.71. The Morgan fingerprint density at radius 3 is 3.09 bits per heavy atom. The maximum Gasteiger partial charge on any atom is 0.311 e. The van der Waals surface area contributed by atoms with Crippen molar-refractivity contribution < 1.29 is 14.3 Å². The van der Waals surface area contributed by atoms with E-state index in [1.807, 2.05) is 6.92 Å². The summed E-state index contributed by atoms with van der Waals surface area (Å²) in [5.41, 5.74) is 0. The molecule has 0 aromatic rings. The Kier molecular flexibility index (Phi) is 3.36. The molecule has 0 aliphatic carbocycles. The van der Waals surface area contributed by atoms with Crippen LogP contribution in [0.3, 0.4) is 0 Å². The van der Waals surface area contributed by atoms with Gasteiger partial charge < -0.3 is 9.47 Å². The van der Waals surface area contributed by atoms with Crippen LogP contribution in [-0.2, 0) is 14.3 Å². The lowest BCUT2D eigenvalue weighted by Gasteiger charge is -2.06. The van der Waals surface area contributed by atoms with E-state index < -0.39 is 0 Å². The van der Waals surface area contributed by atoms with Gasteiger partial charge >= 0.3 is 5.97 Å². The summed E-state index contributed by atoms with van der Waals surface area (Å²) in [7, 11) is 0. The summed E-state index contributed by atoms with van der Waals surface area (Å²) < 4.78 is 10.0. The molecular weight excluding hydrogens is 144 g/mol. The number of esters is 1. The van der Waals surface area contributed by atoms with Crippen LogP contribution in [0, 0.1) is 5.92 Å². The van der Waals surface area contributed by atoms with Gasteiger partial charge in [0.2, 0.25) is 0 Å². The van der Waals surface area contributed by atoms with E-state index in [1.54, 1.807) is 0 Å². The fourth-order valence-corrected chi connectivity index (χ4v) is 1.04. The van der Waals surface area contributed by atoms with Crippen LogP contribution in [0.1, 0.15) is 19.8 Å². The van der Waals surface area contributed by atoms with Crippen molar-refractivity contribution in [3.05, 3.63) is 0 Å². The van der Waals surface area contributed by atoms with Gasteiger partial charge in [0.05, 0.1) is 19.1 Å². The van der Waals surface area contributed by atoms with Crippen molar-refractivity contribution in [3.8, 4) is 0 Å². The van der Waals surface area contributed by atoms with Crippen molar-refractivity contribution in [2.24, 2.45) is 5.92 Å². The number of rotatable bonds is 3. The van der Waals surface area contributed by atoms with E-state index in [9.17, 15) is 4.79 Å². The smallest absolute Gasteiger partial charge is 0.311 e. The average molecular weight is 158 g/mol. The highest BCUT2D eigenvalue weighted by Crippen LogP contribution is 2.13. The molecule has 1 rings (SSSR count). The molecule has 0 saturated carbocycles. The van der Waals surface area contributed by atoms with Crippen molar-refractivity contribution in [1.29, 1.82) is 0 Å². The van der Waals surface area contributed by atoms with E-state index >= 15 is 0 Å². The van der Waals surface area contributed by atoms with Crippen molar-refractivity contribution >= 4 is 5.97 Å². The van der Waals surface area contributed by atoms with Crippen LogP contribution < -0.4 is 0 Å². The topological polar surface area (TPSA) is 35.5 Å². The maximum absolute atomic E-state index is 11.1. The minimum absolute atomic E-state index is 0.00144. The third-order valence-electron chi connectivity index (χ3n) is 1.71. The summed E-state index contributed by atoms with van der Waals surface area (Å²) >= 11 is 0. The first kappa shape index (κ1) is 8.53. The summed E-state index contributed by atoms with van der Waals surface area (Å²) in [6.45, 7) is 3.77. The Morgan fingerprint density at radius 1 is 1.73 bits per heavy atom. The lowest BCUT2D eigenvalue weighted by Crippen LogP contribution is -2.17. The van der Waals surface area contributed by atoms with Gasteiger partial charge in [0.1, 0.15) is 0 Å². The second-order valence-electron chi connectivity index (χ2n) is 2.73. The van der Waals surface area contributed by atoms with Crippen LogP contribution in [-0.4, -0.2) is 25.8 Å². The molecule has 1 atom stereocenters. The maximum atomic E-state index is 11.1. The monoisotopic (exact) mass is 158 g/mol. The minimum Gasteiger partial charge on any atom is -0.465 e. The van der Waals surface area contributed by atoms with Crippen LogP contribution in [0.5, 0.6) is 0 Å². The summed E-state index contributed by atoms with van der Waals surface area (Å²) in [6.07, 6.45) is 1.71. The first-order valence-corrected chi connectivity index (χ1v) is 4.09. The molecule has 64 valence electrons. The number of ether oxygens (including phenoxy) is 2. The van der Waals surface area contributed by atoms with E-state index in [0.29, 0.717) is 19.8 Å². The molecule has 1 heterocycles. The summed E-state index contributed by atoms with van der Waals surface area (Å²) in [5, 5.41) is 0. The molecule has 11 heavy (non-hydrogen) atoms. The molecule has 1 aliphatic heterocycles. The summed E-state index contributed by atoms with van der Waals surface area (Å²) in [6, 6.07) is 0. The molecule has 0 N–H and O–H groups in total. The summed E-state index contributed by atoms with van der Waals surface area (Å²) in [4.78, 5) is 11.1. The average Bonchev–Trinajstić information content (AvgIpc) is 2.52. The first-order valence-electron chi connectivity index (χ1n) is 4.09. The van der Waals surface area contributed by atoms with Crippen LogP contribution in [0.4, 0.5) is 0 Å². The van der Waals surface area contributed by atoms with Crippen molar-refractivity contribution in [3.63, 3.8) is 0 Å². The van der Waals surface area contributed by atoms with Crippen molar-refractivity contribution in [2.75, 3.05) is 19.8 Å². The Labute approximate surface area is 66.7 Å². The Morgan fingerprint density at radius 2 is 2.55 bits per heavy atom. The number of hydrogen-bond donors (Lipinski definition) is 0. The van der Waals surface area contributed by atoms with Gasteiger partial charge in [-0.1, -0.05) is 6.92 Å². The zero-order chi connectivity index (χ0) is 8.10. The Hall–Kier alpha value is -0.570. The van der Waals surface area contributed by atoms with Gasteiger partial charge in [0.15, 0.2) is 0 Å². The molecule has 3 nitrogen and oxygen atoms in total. The second kappa shape index (κ2) is 4.34. The highest BCUT2D eigenvalue weighted by Gasteiger charge is 2.24. The van der Waals surface area contributed by atoms with Gasteiger partial charge in [-0.25, -0.2) is 0 Å². The predicted octanol–water partition coefficient (Wildman–Crippen LogP) is 0.976. The molecule has 1 unspecified atom stereocenters. The van der Waals surface area contributed by atoms with Gasteiger partial charge in [-0.05, 0) is 12.8 Å². The van der Waals surface area contributed by atoms with E-state index in [0.717, 1.165) is 12.8 Å². The minimum atomic E-state index is -0.0932. The molecular formula is C8H14O3. The van der Waals surface area contributed by atoms with Gasteiger partial charge in [-0.2, -0.15) is 0 Å². The highest BCUT2D eigenvalue weighted by atomic mass is 16.5. The normalized spacial score (nSPS) is 23.5. The lowest BCUT2D eigenvalue weighted by molar-refractivity contribution is -0.148. The van der Waals surface area contributed by atoms with E-state index in [-0.39, 0.29) is 11.9 Å². The van der Waals surface area contributed by atoms with E-state index in [1.165, 1.54) is 0 Å². The fourth-order valence-electron chi connectivity index (χ4n) is 1.04. The van der Waals surface area contributed by atoms with Gasteiger partial charge in [0, 0.05) is 6.61 Å². The molecule has 1 fully saturated rings. The van der Waals surface area contributed by atoms with Gasteiger partial charge in [-0.3, -0.25) is 4.79 Å². The zero-order valence-corrected chi connectivity index (χ0v) is 6.84. The summed E-state index contributed by atoms with van der Waals surface area (Å²) in [5.74, 6) is -0.0918. The van der Waals surface area contributed by atoms with Crippen molar-refractivity contribution in [1.82, 2.24) is 0 Å². The Balaban J connectivity index is 2.17. The quantitative estimate of drug-likeness (QED) is 0.574. The third kappa shape index (κ3) is 2.50. The SMILES string of the molecule is CCCOC(=O)C1CCOC1. The molecule has 1 aliphatic rings. The number of carbonyl (C=O) groups excluding carboxylic acids is 1. The standard InChI is InChI=1S/C8H14O3/c1-2-4-11-8(9)7-3-5-10-6-7/h7H,2-6H2,1H3.